The Morgan fingerprint density at radius 3 is 0.905 bits per heavy atom. The number of hydrogen-bond acceptors (Lipinski definition) is 6. The fourth-order valence-electron chi connectivity index (χ4n) is 0.955. The molecule has 0 fully saturated rings. The molecule has 21 heavy (non-hydrogen) atoms. The van der Waals surface area contributed by atoms with Crippen LogP contribution in [0.15, 0.2) is 0 Å². The van der Waals surface area contributed by atoms with Crippen LogP contribution in [0, 0.1) is 0 Å². The second-order valence-corrected chi connectivity index (χ2v) is 3.61. The van der Waals surface area contributed by atoms with Crippen molar-refractivity contribution in [1.82, 2.24) is 4.90 Å². The van der Waals surface area contributed by atoms with Crippen LogP contribution in [0.5, 0.6) is 0 Å². The van der Waals surface area contributed by atoms with Crippen molar-refractivity contribution in [2.45, 2.75) is 12.8 Å². The highest BCUT2D eigenvalue weighted by molar-refractivity contribution is 5.76. The van der Waals surface area contributed by atoms with E-state index < -0.39 is 49.5 Å². The van der Waals surface area contributed by atoms with Crippen molar-refractivity contribution in [2.75, 3.05) is 19.6 Å². The third-order valence-electron chi connectivity index (χ3n) is 1.63. The molecule has 0 heterocycles. The van der Waals surface area contributed by atoms with E-state index in [2.05, 4.69) is 0 Å². The molecule has 0 saturated carbocycles. The van der Waals surface area contributed by atoms with E-state index in [1.165, 1.54) is 0 Å². The van der Waals surface area contributed by atoms with E-state index in [0.717, 1.165) is 4.90 Å². The summed E-state index contributed by atoms with van der Waals surface area (Å²) in [5, 5.41) is 40.6. The van der Waals surface area contributed by atoms with Crippen LogP contribution in [0.3, 0.4) is 0 Å². The molecule has 11 heteroatoms. The Kier molecular flexibility index (Phi) is 11.0. The fraction of sp³-hybridized carbons (Fsp3) is 0.500. The van der Waals surface area contributed by atoms with Crippen molar-refractivity contribution in [1.29, 1.82) is 0 Å². The van der Waals surface area contributed by atoms with Gasteiger partial charge in [0.15, 0.2) is 0 Å². The molecule has 0 aromatic heterocycles. The van der Waals surface area contributed by atoms with Crippen molar-refractivity contribution in [3.05, 3.63) is 0 Å². The first-order valence-corrected chi connectivity index (χ1v) is 5.36. The summed E-state index contributed by atoms with van der Waals surface area (Å²) in [5.74, 6) is -5.94. The molecule has 0 atom stereocenters. The van der Waals surface area contributed by atoms with Crippen LogP contribution in [-0.2, 0) is 24.0 Å². The number of aliphatic carboxylic acids is 5. The van der Waals surface area contributed by atoms with E-state index in [1.54, 1.807) is 0 Å². The monoisotopic (exact) mass is 309 g/mol. The molecule has 0 spiro atoms. The second kappa shape index (κ2) is 11.2. The molecule has 11 nitrogen and oxygen atoms in total. The number of carbonyl (C=O) groups is 5. The molecule has 5 N–H and O–H groups in total. The summed E-state index contributed by atoms with van der Waals surface area (Å²) >= 11 is 0. The molecule has 0 unspecified atom stereocenters. The van der Waals surface area contributed by atoms with Crippen molar-refractivity contribution in [3.8, 4) is 0 Å². The van der Waals surface area contributed by atoms with E-state index in [-0.39, 0.29) is 12.8 Å². The number of rotatable bonds is 9. The number of carboxylic acids is 5. The van der Waals surface area contributed by atoms with Gasteiger partial charge in [-0.1, -0.05) is 0 Å². The maximum absolute atomic E-state index is 10.1. The van der Waals surface area contributed by atoms with Gasteiger partial charge in [-0.2, -0.15) is 0 Å². The molecular formula is C10H15NO10. The summed E-state index contributed by atoms with van der Waals surface area (Å²) in [7, 11) is 0. The SMILES string of the molecule is O=C(O)CCC(=O)O.O=C(O)CN(CC(=O)O)CC(=O)O. The number of nitrogens with zero attached hydrogens (tertiary/aromatic N) is 1. The maximum atomic E-state index is 10.1. The molecule has 0 radical (unpaired) electrons. The van der Waals surface area contributed by atoms with Gasteiger partial charge in [0.1, 0.15) is 0 Å². The lowest BCUT2D eigenvalue weighted by molar-refractivity contribution is -0.145. The Balaban J connectivity index is 0. The molecule has 0 aliphatic carbocycles. The standard InChI is InChI=1S/C6H9NO6.C4H6O4/c8-4(9)1-7(2-5(10)11)3-6(12)13;5-3(6)1-2-4(7)8/h1-3H2,(H,8,9)(H,10,11)(H,12,13);1-2H2,(H,5,6)(H,7,8). The van der Waals surface area contributed by atoms with Gasteiger partial charge in [-0.05, 0) is 0 Å². The van der Waals surface area contributed by atoms with Crippen LogP contribution in [-0.4, -0.2) is 79.9 Å². The van der Waals surface area contributed by atoms with Gasteiger partial charge >= 0.3 is 29.8 Å². The summed E-state index contributed by atoms with van der Waals surface area (Å²) in [5.41, 5.74) is 0. The summed E-state index contributed by atoms with van der Waals surface area (Å²) in [6.45, 7) is -1.80. The smallest absolute Gasteiger partial charge is 0.317 e. The highest BCUT2D eigenvalue weighted by Gasteiger charge is 2.15. The molecule has 0 aliphatic rings. The molecule has 0 aromatic rings. The molecule has 120 valence electrons. The second-order valence-electron chi connectivity index (χ2n) is 3.61. The van der Waals surface area contributed by atoms with Gasteiger partial charge < -0.3 is 25.5 Å². The third kappa shape index (κ3) is 19.8. The van der Waals surface area contributed by atoms with E-state index in [4.69, 9.17) is 25.5 Å². The lowest BCUT2D eigenvalue weighted by Crippen LogP contribution is -2.38. The predicted octanol–water partition coefficient (Wildman–Crippen LogP) is -1.52. The lowest BCUT2D eigenvalue weighted by Gasteiger charge is -2.14. The minimum absolute atomic E-state index is 0.296. The Morgan fingerprint density at radius 2 is 0.762 bits per heavy atom. The van der Waals surface area contributed by atoms with Gasteiger partial charge in [-0.3, -0.25) is 28.9 Å². The molecular weight excluding hydrogens is 294 g/mol. The summed E-state index contributed by atoms with van der Waals surface area (Å²) in [4.78, 5) is 50.5. The van der Waals surface area contributed by atoms with Gasteiger partial charge in [0, 0.05) is 0 Å². The van der Waals surface area contributed by atoms with Crippen molar-refractivity contribution >= 4 is 29.8 Å². The van der Waals surface area contributed by atoms with Gasteiger partial charge in [-0.25, -0.2) is 0 Å². The predicted molar refractivity (Wildman–Crippen MR) is 63.9 cm³/mol. The van der Waals surface area contributed by atoms with E-state index in [1.807, 2.05) is 0 Å². The van der Waals surface area contributed by atoms with Crippen molar-refractivity contribution < 1.29 is 49.5 Å². The normalized spacial score (nSPS) is 9.38. The maximum Gasteiger partial charge on any atom is 0.317 e. The first-order chi connectivity index (χ1) is 9.54. The Labute approximate surface area is 118 Å². The van der Waals surface area contributed by atoms with Crippen LogP contribution in [0.25, 0.3) is 0 Å². The minimum atomic E-state index is -1.26. The first kappa shape index (κ1) is 20.6. The van der Waals surface area contributed by atoms with Crippen LogP contribution in [0.1, 0.15) is 12.8 Å². The van der Waals surface area contributed by atoms with E-state index in [0.29, 0.717) is 0 Å². The van der Waals surface area contributed by atoms with Gasteiger partial charge in [0.05, 0.1) is 32.5 Å². The summed E-state index contributed by atoms with van der Waals surface area (Å²) in [6, 6.07) is 0. The van der Waals surface area contributed by atoms with Gasteiger partial charge in [0.25, 0.3) is 0 Å². The quantitative estimate of drug-likeness (QED) is 0.332. The number of carboxylic acid groups (broad SMARTS) is 5. The number of hydrogen-bond donors (Lipinski definition) is 5. The van der Waals surface area contributed by atoms with Crippen molar-refractivity contribution in [3.63, 3.8) is 0 Å². The zero-order valence-corrected chi connectivity index (χ0v) is 10.8. The largest absolute Gasteiger partial charge is 0.481 e. The van der Waals surface area contributed by atoms with Gasteiger partial charge in [0.2, 0.25) is 0 Å². The third-order valence-corrected chi connectivity index (χ3v) is 1.63. The van der Waals surface area contributed by atoms with Crippen LogP contribution in [0.4, 0.5) is 0 Å². The molecule has 0 aliphatic heterocycles. The Morgan fingerprint density at radius 1 is 0.524 bits per heavy atom. The van der Waals surface area contributed by atoms with E-state index >= 15 is 0 Å². The summed E-state index contributed by atoms with van der Waals surface area (Å²) < 4.78 is 0. The molecule has 0 aromatic carbocycles. The highest BCUT2D eigenvalue weighted by atomic mass is 16.4. The first-order valence-electron chi connectivity index (χ1n) is 5.36. The van der Waals surface area contributed by atoms with Crippen LogP contribution >= 0.6 is 0 Å². The molecule has 0 amide bonds. The molecule has 0 saturated heterocycles. The van der Waals surface area contributed by atoms with Crippen LogP contribution < -0.4 is 0 Å². The Hall–Kier alpha value is -2.69. The molecule has 0 bridgehead atoms. The average Bonchev–Trinajstić information content (AvgIpc) is 2.24. The summed E-state index contributed by atoms with van der Waals surface area (Å²) in [6.07, 6.45) is -0.593. The lowest BCUT2D eigenvalue weighted by atomic mass is 10.3. The van der Waals surface area contributed by atoms with Crippen molar-refractivity contribution in [2.24, 2.45) is 0 Å². The van der Waals surface area contributed by atoms with E-state index in [9.17, 15) is 24.0 Å². The zero-order chi connectivity index (χ0) is 17.0. The topological polar surface area (TPSA) is 190 Å². The van der Waals surface area contributed by atoms with Crippen LogP contribution in [0.2, 0.25) is 0 Å². The minimum Gasteiger partial charge on any atom is -0.481 e. The average molecular weight is 309 g/mol. The zero-order valence-electron chi connectivity index (χ0n) is 10.8. The highest BCUT2D eigenvalue weighted by Crippen LogP contribution is 1.88. The molecule has 0 rings (SSSR count). The Bertz CT molecular complexity index is 353. The fourth-order valence-corrected chi connectivity index (χ4v) is 0.955. The van der Waals surface area contributed by atoms with Gasteiger partial charge in [-0.15, -0.1) is 0 Å².